The van der Waals surface area contributed by atoms with E-state index in [1.807, 2.05) is 4.90 Å². The summed E-state index contributed by atoms with van der Waals surface area (Å²) in [5.41, 5.74) is 3.80. The summed E-state index contributed by atoms with van der Waals surface area (Å²) in [6.07, 6.45) is 5.14. The van der Waals surface area contributed by atoms with Gasteiger partial charge >= 0.3 is 0 Å². The third-order valence-electron chi connectivity index (χ3n) is 5.19. The molecule has 2 fully saturated rings. The first-order valence-corrected chi connectivity index (χ1v) is 8.71. The SMILES string of the molecule is Cc1cccc(C2CCCCN2C(=O)CNC(=O)C2CC2)c1C. The van der Waals surface area contributed by atoms with E-state index in [4.69, 9.17) is 0 Å². The van der Waals surface area contributed by atoms with E-state index in [1.54, 1.807) is 0 Å². The van der Waals surface area contributed by atoms with E-state index in [2.05, 4.69) is 37.4 Å². The van der Waals surface area contributed by atoms with Gasteiger partial charge in [-0.05, 0) is 62.6 Å². The third kappa shape index (κ3) is 3.57. The van der Waals surface area contributed by atoms with Crippen LogP contribution in [0.15, 0.2) is 18.2 Å². The van der Waals surface area contributed by atoms with Gasteiger partial charge in [-0.1, -0.05) is 18.2 Å². The van der Waals surface area contributed by atoms with Crippen LogP contribution >= 0.6 is 0 Å². The quantitative estimate of drug-likeness (QED) is 0.929. The Morgan fingerprint density at radius 1 is 1.17 bits per heavy atom. The van der Waals surface area contributed by atoms with Crippen molar-refractivity contribution >= 4 is 11.8 Å². The maximum absolute atomic E-state index is 12.6. The second kappa shape index (κ2) is 6.73. The van der Waals surface area contributed by atoms with Gasteiger partial charge in [-0.3, -0.25) is 9.59 Å². The molecular formula is C19H26N2O2. The van der Waals surface area contributed by atoms with Crippen LogP contribution in [-0.4, -0.2) is 29.8 Å². The Morgan fingerprint density at radius 2 is 1.96 bits per heavy atom. The van der Waals surface area contributed by atoms with Crippen molar-refractivity contribution in [2.75, 3.05) is 13.1 Å². The molecule has 1 aromatic rings. The Kier molecular flexibility index (Phi) is 4.69. The molecule has 0 aromatic heterocycles. The lowest BCUT2D eigenvalue weighted by molar-refractivity contribution is -0.136. The molecule has 4 nitrogen and oxygen atoms in total. The lowest BCUT2D eigenvalue weighted by atomic mass is 9.90. The van der Waals surface area contributed by atoms with Gasteiger partial charge in [0.1, 0.15) is 0 Å². The molecule has 1 saturated heterocycles. The summed E-state index contributed by atoms with van der Waals surface area (Å²) in [6, 6.07) is 6.48. The second-order valence-corrected chi connectivity index (χ2v) is 6.88. The summed E-state index contributed by atoms with van der Waals surface area (Å²) in [5.74, 6) is 0.238. The van der Waals surface area contributed by atoms with E-state index in [1.165, 1.54) is 16.7 Å². The Bertz CT molecular complexity index is 607. The van der Waals surface area contributed by atoms with Crippen LogP contribution in [0.4, 0.5) is 0 Å². The molecule has 1 N–H and O–H groups in total. The van der Waals surface area contributed by atoms with E-state index in [0.717, 1.165) is 38.6 Å². The van der Waals surface area contributed by atoms with Gasteiger partial charge in [0, 0.05) is 12.5 Å². The van der Waals surface area contributed by atoms with Crippen LogP contribution < -0.4 is 5.32 Å². The minimum absolute atomic E-state index is 0.0404. The van der Waals surface area contributed by atoms with Crippen molar-refractivity contribution in [3.05, 3.63) is 34.9 Å². The smallest absolute Gasteiger partial charge is 0.242 e. The minimum Gasteiger partial charge on any atom is -0.347 e. The van der Waals surface area contributed by atoms with Gasteiger partial charge in [0.2, 0.25) is 11.8 Å². The zero-order valence-corrected chi connectivity index (χ0v) is 14.1. The van der Waals surface area contributed by atoms with Gasteiger partial charge in [0.05, 0.1) is 12.6 Å². The number of nitrogens with one attached hydrogen (secondary N) is 1. The number of piperidine rings is 1. The second-order valence-electron chi connectivity index (χ2n) is 6.88. The average molecular weight is 314 g/mol. The molecule has 1 aliphatic carbocycles. The van der Waals surface area contributed by atoms with Crippen LogP contribution in [0.3, 0.4) is 0 Å². The van der Waals surface area contributed by atoms with E-state index >= 15 is 0 Å². The van der Waals surface area contributed by atoms with E-state index in [9.17, 15) is 9.59 Å². The summed E-state index contributed by atoms with van der Waals surface area (Å²) in [4.78, 5) is 26.4. The standard InChI is InChI=1S/C19H26N2O2/c1-13-6-5-7-16(14(13)2)17-8-3-4-11-21(17)18(22)12-20-19(23)15-9-10-15/h5-7,15,17H,3-4,8-12H2,1-2H3,(H,20,23). The van der Waals surface area contributed by atoms with Gasteiger partial charge in [-0.2, -0.15) is 0 Å². The van der Waals surface area contributed by atoms with Gasteiger partial charge in [-0.25, -0.2) is 0 Å². The monoisotopic (exact) mass is 314 g/mol. The molecule has 4 heteroatoms. The normalized spacial score (nSPS) is 21.1. The Morgan fingerprint density at radius 3 is 2.70 bits per heavy atom. The lowest BCUT2D eigenvalue weighted by Gasteiger charge is -2.37. The van der Waals surface area contributed by atoms with Gasteiger partial charge in [-0.15, -0.1) is 0 Å². The maximum Gasteiger partial charge on any atom is 0.242 e. The summed E-state index contributed by atoms with van der Waals surface area (Å²) >= 11 is 0. The molecule has 0 spiro atoms. The fourth-order valence-electron chi connectivity index (χ4n) is 3.44. The van der Waals surface area contributed by atoms with E-state index in [0.29, 0.717) is 0 Å². The fraction of sp³-hybridized carbons (Fsp3) is 0.579. The summed E-state index contributed by atoms with van der Waals surface area (Å²) in [6.45, 7) is 5.17. The number of benzene rings is 1. The predicted octanol–water partition coefficient (Wildman–Crippen LogP) is 2.88. The fourth-order valence-corrected chi connectivity index (χ4v) is 3.44. The number of nitrogens with zero attached hydrogens (tertiary/aromatic N) is 1. The van der Waals surface area contributed by atoms with Crippen LogP contribution in [-0.2, 0) is 9.59 Å². The van der Waals surface area contributed by atoms with Crippen LogP contribution in [0.1, 0.15) is 54.8 Å². The highest BCUT2D eigenvalue weighted by Crippen LogP contribution is 2.33. The van der Waals surface area contributed by atoms with E-state index in [-0.39, 0.29) is 30.3 Å². The molecule has 2 aliphatic rings. The van der Waals surface area contributed by atoms with E-state index < -0.39 is 0 Å². The van der Waals surface area contributed by atoms with Crippen molar-refractivity contribution in [3.63, 3.8) is 0 Å². The highest BCUT2D eigenvalue weighted by atomic mass is 16.2. The zero-order chi connectivity index (χ0) is 16.4. The summed E-state index contributed by atoms with van der Waals surface area (Å²) in [5, 5.41) is 2.81. The molecule has 1 saturated carbocycles. The van der Waals surface area contributed by atoms with Crippen molar-refractivity contribution in [1.29, 1.82) is 0 Å². The largest absolute Gasteiger partial charge is 0.347 e. The minimum atomic E-state index is 0.0404. The molecule has 0 bridgehead atoms. The molecule has 1 aromatic carbocycles. The summed E-state index contributed by atoms with van der Waals surface area (Å²) in [7, 11) is 0. The molecule has 23 heavy (non-hydrogen) atoms. The first-order chi connectivity index (χ1) is 11.1. The van der Waals surface area contributed by atoms with Crippen molar-refractivity contribution in [2.24, 2.45) is 5.92 Å². The number of hydrogen-bond donors (Lipinski definition) is 1. The number of amides is 2. The molecule has 1 heterocycles. The Hall–Kier alpha value is -1.84. The summed E-state index contributed by atoms with van der Waals surface area (Å²) < 4.78 is 0. The van der Waals surface area contributed by atoms with Gasteiger partial charge < -0.3 is 10.2 Å². The molecule has 124 valence electrons. The van der Waals surface area contributed by atoms with Crippen LogP contribution in [0.5, 0.6) is 0 Å². The molecule has 0 radical (unpaired) electrons. The highest BCUT2D eigenvalue weighted by Gasteiger charge is 2.32. The Labute approximate surface area is 138 Å². The van der Waals surface area contributed by atoms with Crippen LogP contribution in [0.25, 0.3) is 0 Å². The molecule has 2 amide bonds. The van der Waals surface area contributed by atoms with Gasteiger partial charge in [0.25, 0.3) is 0 Å². The number of hydrogen-bond acceptors (Lipinski definition) is 2. The Balaban J connectivity index is 1.71. The number of aryl methyl sites for hydroxylation is 1. The molecular weight excluding hydrogens is 288 g/mol. The average Bonchev–Trinajstić information content (AvgIpc) is 3.40. The number of carbonyl (C=O) groups is 2. The topological polar surface area (TPSA) is 49.4 Å². The number of carbonyl (C=O) groups excluding carboxylic acids is 2. The first kappa shape index (κ1) is 16.0. The predicted molar refractivity (Wildman–Crippen MR) is 90.0 cm³/mol. The van der Waals surface area contributed by atoms with Crippen molar-refractivity contribution in [2.45, 2.75) is 52.0 Å². The molecule has 1 unspecified atom stereocenters. The van der Waals surface area contributed by atoms with Crippen molar-refractivity contribution in [1.82, 2.24) is 10.2 Å². The zero-order valence-electron chi connectivity index (χ0n) is 14.1. The van der Waals surface area contributed by atoms with Crippen LogP contribution in [0, 0.1) is 19.8 Å². The highest BCUT2D eigenvalue weighted by molar-refractivity contribution is 5.87. The van der Waals surface area contributed by atoms with Crippen molar-refractivity contribution in [3.8, 4) is 0 Å². The number of likely N-dealkylation sites (tertiary alicyclic amines) is 1. The first-order valence-electron chi connectivity index (χ1n) is 8.71. The number of rotatable bonds is 4. The lowest BCUT2D eigenvalue weighted by Crippen LogP contribution is -2.44. The van der Waals surface area contributed by atoms with Crippen molar-refractivity contribution < 1.29 is 9.59 Å². The van der Waals surface area contributed by atoms with Gasteiger partial charge in [0.15, 0.2) is 0 Å². The molecule has 3 rings (SSSR count). The maximum atomic E-state index is 12.6. The third-order valence-corrected chi connectivity index (χ3v) is 5.19. The van der Waals surface area contributed by atoms with Crippen LogP contribution in [0.2, 0.25) is 0 Å². The molecule has 1 aliphatic heterocycles. The molecule has 1 atom stereocenters.